The molecule has 88 valence electrons. The normalized spacial score (nSPS) is 11.3. The molecule has 0 spiro atoms. The molecular weight excluding hydrogens is 296 g/mol. The molecule has 0 unspecified atom stereocenters. The van der Waals surface area contributed by atoms with Crippen LogP contribution >= 0.6 is 46.6 Å². The zero-order valence-electron chi connectivity index (χ0n) is 8.06. The lowest BCUT2D eigenvalue weighted by Gasteiger charge is -2.11. The van der Waals surface area contributed by atoms with Crippen LogP contribution in [0.1, 0.15) is 6.92 Å². The summed E-state index contributed by atoms with van der Waals surface area (Å²) in [4.78, 5) is 11.2. The Labute approximate surface area is 111 Å². The van der Waals surface area contributed by atoms with Crippen LogP contribution in [0.25, 0.3) is 0 Å². The third kappa shape index (κ3) is 4.78. The number of alkyl halides is 3. The molecule has 1 aromatic rings. The van der Waals surface area contributed by atoms with Crippen molar-refractivity contribution in [2.75, 3.05) is 5.32 Å². The van der Waals surface area contributed by atoms with Gasteiger partial charge in [-0.3, -0.25) is 4.79 Å². The maximum Gasteiger partial charge on any atom is 0.241 e. The van der Waals surface area contributed by atoms with E-state index in [0.717, 1.165) is 11.8 Å². The minimum atomic E-state index is -1.54. The van der Waals surface area contributed by atoms with E-state index in [4.69, 9.17) is 34.8 Å². The number of nitrogens with one attached hydrogen (secondary N) is 1. The minimum absolute atomic E-state index is 0.0983. The smallest absolute Gasteiger partial charge is 0.241 e. The molecule has 1 aromatic carbocycles. The highest BCUT2D eigenvalue weighted by molar-refractivity contribution is 8.04. The number of carbonyl (C=O) groups is 1. The van der Waals surface area contributed by atoms with Crippen LogP contribution in [0, 0.1) is 5.82 Å². The van der Waals surface area contributed by atoms with Gasteiger partial charge >= 0.3 is 0 Å². The van der Waals surface area contributed by atoms with Crippen LogP contribution in [-0.4, -0.2) is 9.03 Å². The van der Waals surface area contributed by atoms with Gasteiger partial charge in [-0.25, -0.2) is 4.39 Å². The molecule has 0 fully saturated rings. The van der Waals surface area contributed by atoms with Gasteiger partial charge in [0.05, 0.1) is 5.69 Å². The van der Waals surface area contributed by atoms with Gasteiger partial charge < -0.3 is 5.32 Å². The van der Waals surface area contributed by atoms with E-state index < -0.39 is 8.94 Å². The Balaban J connectivity index is 2.87. The number of thioether (sulfide) groups is 1. The van der Waals surface area contributed by atoms with Crippen molar-refractivity contribution in [3.05, 3.63) is 24.0 Å². The van der Waals surface area contributed by atoms with Crippen LogP contribution in [0.3, 0.4) is 0 Å². The Kier molecular flexibility index (Phi) is 4.73. The third-order valence-electron chi connectivity index (χ3n) is 1.48. The molecule has 16 heavy (non-hydrogen) atoms. The van der Waals surface area contributed by atoms with Crippen LogP contribution in [0.15, 0.2) is 23.1 Å². The molecule has 1 rings (SSSR count). The summed E-state index contributed by atoms with van der Waals surface area (Å²) in [7, 11) is 0. The third-order valence-corrected chi connectivity index (χ3v) is 2.90. The second-order valence-electron chi connectivity index (χ2n) is 2.87. The SMILES string of the molecule is CC(=O)Nc1ccc(SC(Cl)(Cl)Cl)cc1F. The van der Waals surface area contributed by atoms with Gasteiger partial charge in [0.2, 0.25) is 9.03 Å². The van der Waals surface area contributed by atoms with E-state index in [-0.39, 0.29) is 11.6 Å². The first-order valence-corrected chi connectivity index (χ1v) is 6.06. The van der Waals surface area contributed by atoms with Gasteiger partial charge in [0, 0.05) is 11.8 Å². The van der Waals surface area contributed by atoms with E-state index in [2.05, 4.69) is 5.32 Å². The highest BCUT2D eigenvalue weighted by Crippen LogP contribution is 2.44. The quantitative estimate of drug-likeness (QED) is 0.655. The lowest BCUT2D eigenvalue weighted by Crippen LogP contribution is -2.07. The fourth-order valence-corrected chi connectivity index (χ4v) is 2.35. The van der Waals surface area contributed by atoms with Crippen molar-refractivity contribution in [3.8, 4) is 0 Å². The van der Waals surface area contributed by atoms with Crippen LogP contribution in [0.5, 0.6) is 0 Å². The summed E-state index contributed by atoms with van der Waals surface area (Å²) in [5.41, 5.74) is 0.0983. The van der Waals surface area contributed by atoms with Crippen LogP contribution in [-0.2, 0) is 4.79 Å². The Morgan fingerprint density at radius 3 is 2.50 bits per heavy atom. The topological polar surface area (TPSA) is 29.1 Å². The summed E-state index contributed by atoms with van der Waals surface area (Å²) in [6, 6.07) is 4.16. The first kappa shape index (κ1) is 13.9. The summed E-state index contributed by atoms with van der Waals surface area (Å²) in [5, 5.41) is 2.34. The van der Waals surface area contributed by atoms with Gasteiger partial charge in [0.15, 0.2) is 0 Å². The first-order chi connectivity index (χ1) is 7.28. The molecule has 0 aliphatic rings. The summed E-state index contributed by atoms with van der Waals surface area (Å²) in [6.07, 6.45) is 0. The molecule has 0 atom stereocenters. The number of rotatable bonds is 2. The standard InChI is InChI=1S/C9H7Cl3FNOS/c1-5(15)14-8-3-2-6(4-7(8)13)16-9(10,11)12/h2-4H,1H3,(H,14,15). The lowest BCUT2D eigenvalue weighted by atomic mass is 10.3. The number of hydrogen-bond acceptors (Lipinski definition) is 2. The maximum absolute atomic E-state index is 13.4. The second-order valence-corrected chi connectivity index (χ2v) is 7.11. The predicted molar refractivity (Wildman–Crippen MR) is 66.9 cm³/mol. The molecule has 2 nitrogen and oxygen atoms in total. The van der Waals surface area contributed by atoms with Crippen molar-refractivity contribution in [2.24, 2.45) is 0 Å². The van der Waals surface area contributed by atoms with Gasteiger partial charge in [0.1, 0.15) is 5.82 Å². The van der Waals surface area contributed by atoms with Gasteiger partial charge in [-0.15, -0.1) is 0 Å². The molecular formula is C9H7Cl3FNOS. The Morgan fingerprint density at radius 2 is 2.06 bits per heavy atom. The Morgan fingerprint density at radius 1 is 1.44 bits per heavy atom. The van der Waals surface area contributed by atoms with Crippen LogP contribution in [0.4, 0.5) is 10.1 Å². The van der Waals surface area contributed by atoms with Crippen molar-refractivity contribution in [1.82, 2.24) is 0 Å². The molecule has 1 amide bonds. The van der Waals surface area contributed by atoms with Crippen LogP contribution < -0.4 is 5.32 Å². The lowest BCUT2D eigenvalue weighted by molar-refractivity contribution is -0.114. The second kappa shape index (κ2) is 5.45. The van der Waals surface area contributed by atoms with Gasteiger partial charge in [-0.1, -0.05) is 46.6 Å². The molecule has 0 saturated carbocycles. The van der Waals surface area contributed by atoms with Gasteiger partial charge in [-0.05, 0) is 18.2 Å². The van der Waals surface area contributed by atoms with Gasteiger partial charge in [-0.2, -0.15) is 0 Å². The molecule has 0 saturated heterocycles. The van der Waals surface area contributed by atoms with E-state index in [1.807, 2.05) is 0 Å². The number of halogens is 4. The largest absolute Gasteiger partial charge is 0.324 e. The monoisotopic (exact) mass is 301 g/mol. The average Bonchev–Trinajstić information content (AvgIpc) is 2.06. The van der Waals surface area contributed by atoms with Crippen LogP contribution in [0.2, 0.25) is 0 Å². The van der Waals surface area contributed by atoms with E-state index in [9.17, 15) is 9.18 Å². The number of anilines is 1. The summed E-state index contributed by atoms with van der Waals surface area (Å²) < 4.78 is 11.9. The molecule has 0 heterocycles. The predicted octanol–water partition coefficient (Wildman–Crippen LogP) is 4.20. The maximum atomic E-state index is 13.4. The molecule has 0 aliphatic carbocycles. The molecule has 7 heteroatoms. The summed E-state index contributed by atoms with van der Waals surface area (Å²) >= 11 is 17.5. The zero-order chi connectivity index (χ0) is 12.3. The van der Waals surface area contributed by atoms with Crippen molar-refractivity contribution in [2.45, 2.75) is 14.9 Å². The van der Waals surface area contributed by atoms with Gasteiger partial charge in [0.25, 0.3) is 0 Å². The number of carbonyl (C=O) groups excluding carboxylic acids is 1. The number of hydrogen-bond donors (Lipinski definition) is 1. The highest BCUT2D eigenvalue weighted by atomic mass is 35.6. The van der Waals surface area contributed by atoms with E-state index in [1.54, 1.807) is 6.07 Å². The highest BCUT2D eigenvalue weighted by Gasteiger charge is 2.21. The van der Waals surface area contributed by atoms with E-state index in [0.29, 0.717) is 4.90 Å². The average molecular weight is 303 g/mol. The fraction of sp³-hybridized carbons (Fsp3) is 0.222. The molecule has 0 aromatic heterocycles. The van der Waals surface area contributed by atoms with Crippen molar-refractivity contribution >= 4 is 58.2 Å². The Hall–Kier alpha value is -0.160. The Bertz CT molecular complexity index is 408. The minimum Gasteiger partial charge on any atom is -0.324 e. The van der Waals surface area contributed by atoms with Crippen molar-refractivity contribution in [3.63, 3.8) is 0 Å². The van der Waals surface area contributed by atoms with E-state index >= 15 is 0 Å². The molecule has 0 radical (unpaired) electrons. The molecule has 0 aliphatic heterocycles. The van der Waals surface area contributed by atoms with Crippen molar-refractivity contribution < 1.29 is 9.18 Å². The summed E-state index contributed by atoms with van der Waals surface area (Å²) in [5.74, 6) is -0.921. The zero-order valence-corrected chi connectivity index (χ0v) is 11.1. The molecule has 1 N–H and O–H groups in total. The van der Waals surface area contributed by atoms with Crippen molar-refractivity contribution in [1.29, 1.82) is 0 Å². The fourth-order valence-electron chi connectivity index (χ4n) is 0.984. The summed E-state index contributed by atoms with van der Waals surface area (Å²) in [6.45, 7) is 1.30. The number of amides is 1. The van der Waals surface area contributed by atoms with E-state index in [1.165, 1.54) is 19.1 Å². The number of benzene rings is 1. The molecule has 0 bridgehead atoms. The first-order valence-electron chi connectivity index (χ1n) is 4.11.